The number of hydrogen-bond donors (Lipinski definition) is 1. The van der Waals surface area contributed by atoms with Crippen LogP contribution in [0.1, 0.15) is 41.2 Å². The number of rotatable bonds is 6. The Morgan fingerprint density at radius 3 is 2.54 bits per heavy atom. The molecule has 26 heavy (non-hydrogen) atoms. The second-order valence-corrected chi connectivity index (χ2v) is 6.54. The number of nitrogens with zero attached hydrogens (tertiary/aromatic N) is 1. The minimum Gasteiger partial charge on any atom is -0.496 e. The first-order valence-electron chi connectivity index (χ1n) is 9.10. The van der Waals surface area contributed by atoms with Gasteiger partial charge >= 0.3 is 0 Å². The first-order valence-corrected chi connectivity index (χ1v) is 9.10. The van der Waals surface area contributed by atoms with Crippen molar-refractivity contribution in [1.82, 2.24) is 10.2 Å². The van der Waals surface area contributed by atoms with Crippen molar-refractivity contribution in [3.05, 3.63) is 65.5 Å². The molecule has 1 saturated heterocycles. The van der Waals surface area contributed by atoms with Crippen LogP contribution in [0, 0.1) is 5.82 Å². The third kappa shape index (κ3) is 4.22. The molecule has 0 spiro atoms. The lowest BCUT2D eigenvalue weighted by atomic mass is 10.0. The highest BCUT2D eigenvalue weighted by Crippen LogP contribution is 2.31. The average Bonchev–Trinajstić information content (AvgIpc) is 2.69. The topological polar surface area (TPSA) is 41.6 Å². The molecule has 0 aliphatic carbocycles. The number of para-hydroxylation sites is 1. The maximum atomic E-state index is 13.9. The van der Waals surface area contributed by atoms with Gasteiger partial charge in [-0.2, -0.15) is 0 Å². The maximum Gasteiger partial charge on any atom is 0.254 e. The number of carbonyl (C=O) groups excluding carboxylic acids is 1. The molecule has 0 saturated carbocycles. The van der Waals surface area contributed by atoms with Crippen LogP contribution in [0.3, 0.4) is 0 Å². The minimum atomic E-state index is -0.503. The molecule has 138 valence electrons. The van der Waals surface area contributed by atoms with Crippen LogP contribution in [0.15, 0.2) is 48.5 Å². The van der Waals surface area contributed by atoms with Gasteiger partial charge in [0.25, 0.3) is 5.91 Å². The molecule has 5 heteroatoms. The lowest BCUT2D eigenvalue weighted by Gasteiger charge is -2.35. The largest absolute Gasteiger partial charge is 0.496 e. The summed E-state index contributed by atoms with van der Waals surface area (Å²) in [6, 6.07) is 13.9. The molecule has 1 heterocycles. The van der Waals surface area contributed by atoms with E-state index in [-0.39, 0.29) is 17.5 Å². The molecule has 1 aliphatic heterocycles. The van der Waals surface area contributed by atoms with Crippen LogP contribution >= 0.6 is 0 Å². The van der Waals surface area contributed by atoms with Crippen molar-refractivity contribution in [3.8, 4) is 5.75 Å². The molecule has 1 unspecified atom stereocenters. The number of halogens is 1. The molecule has 0 radical (unpaired) electrons. The zero-order chi connectivity index (χ0) is 18.4. The predicted octanol–water partition coefficient (Wildman–Crippen LogP) is 3.79. The smallest absolute Gasteiger partial charge is 0.254 e. The summed E-state index contributed by atoms with van der Waals surface area (Å²) >= 11 is 0. The number of nitrogens with one attached hydrogen (secondary N) is 1. The Bertz CT molecular complexity index is 744. The molecule has 1 atom stereocenters. The predicted molar refractivity (Wildman–Crippen MR) is 99.9 cm³/mol. The van der Waals surface area contributed by atoms with Gasteiger partial charge in [0.2, 0.25) is 0 Å². The monoisotopic (exact) mass is 356 g/mol. The van der Waals surface area contributed by atoms with Gasteiger partial charge in [-0.1, -0.05) is 36.8 Å². The van der Waals surface area contributed by atoms with E-state index in [4.69, 9.17) is 4.74 Å². The van der Waals surface area contributed by atoms with Crippen molar-refractivity contribution in [2.75, 3.05) is 26.7 Å². The molecular weight excluding hydrogens is 331 g/mol. The second kappa shape index (κ2) is 8.81. The molecular formula is C21H25FN2O2. The van der Waals surface area contributed by atoms with Gasteiger partial charge in [-0.15, -0.1) is 0 Å². The highest BCUT2D eigenvalue weighted by Gasteiger charge is 2.25. The number of benzene rings is 2. The fourth-order valence-corrected chi connectivity index (χ4v) is 3.54. The number of ether oxygens (including phenoxy) is 1. The summed E-state index contributed by atoms with van der Waals surface area (Å²) in [5, 5.41) is 2.91. The van der Waals surface area contributed by atoms with E-state index in [1.165, 1.54) is 18.6 Å². The molecule has 1 aliphatic rings. The van der Waals surface area contributed by atoms with Gasteiger partial charge in [-0.25, -0.2) is 4.39 Å². The number of amides is 1. The third-order valence-electron chi connectivity index (χ3n) is 4.90. The van der Waals surface area contributed by atoms with Gasteiger partial charge in [-0.3, -0.25) is 9.69 Å². The highest BCUT2D eigenvalue weighted by molar-refractivity contribution is 5.94. The van der Waals surface area contributed by atoms with Crippen molar-refractivity contribution in [3.63, 3.8) is 0 Å². The fraction of sp³-hybridized carbons (Fsp3) is 0.381. The summed E-state index contributed by atoms with van der Waals surface area (Å²) in [5.74, 6) is -0.0833. The molecule has 4 nitrogen and oxygen atoms in total. The molecule has 2 aromatic carbocycles. The van der Waals surface area contributed by atoms with Gasteiger partial charge in [-0.05, 0) is 44.1 Å². The average molecular weight is 356 g/mol. The maximum absolute atomic E-state index is 13.9. The number of hydrogen-bond acceptors (Lipinski definition) is 3. The van der Waals surface area contributed by atoms with Crippen LogP contribution in [0.2, 0.25) is 0 Å². The number of methoxy groups -OCH3 is 1. The van der Waals surface area contributed by atoms with Crippen molar-refractivity contribution in [2.24, 2.45) is 0 Å². The molecule has 2 aromatic rings. The highest BCUT2D eigenvalue weighted by atomic mass is 19.1. The molecule has 0 aromatic heterocycles. The zero-order valence-electron chi connectivity index (χ0n) is 15.1. The van der Waals surface area contributed by atoms with Crippen LogP contribution in [-0.2, 0) is 0 Å². The first kappa shape index (κ1) is 18.4. The number of piperidine rings is 1. The Labute approximate surface area is 154 Å². The summed E-state index contributed by atoms with van der Waals surface area (Å²) in [6.45, 7) is 2.38. The Kier molecular flexibility index (Phi) is 6.23. The minimum absolute atomic E-state index is 0.00201. The van der Waals surface area contributed by atoms with Gasteiger partial charge in [0.15, 0.2) is 0 Å². The zero-order valence-corrected chi connectivity index (χ0v) is 15.1. The summed E-state index contributed by atoms with van der Waals surface area (Å²) < 4.78 is 19.4. The van der Waals surface area contributed by atoms with Gasteiger partial charge in [0, 0.05) is 12.1 Å². The van der Waals surface area contributed by atoms with E-state index in [1.54, 1.807) is 19.2 Å². The lowest BCUT2D eigenvalue weighted by Crippen LogP contribution is -2.41. The van der Waals surface area contributed by atoms with Crippen LogP contribution in [0.4, 0.5) is 4.39 Å². The summed E-state index contributed by atoms with van der Waals surface area (Å²) in [6.07, 6.45) is 3.52. The Morgan fingerprint density at radius 1 is 1.12 bits per heavy atom. The van der Waals surface area contributed by atoms with Crippen LogP contribution in [-0.4, -0.2) is 37.6 Å². The van der Waals surface area contributed by atoms with Crippen molar-refractivity contribution in [2.45, 2.75) is 25.3 Å². The molecule has 1 N–H and O–H groups in total. The summed E-state index contributed by atoms with van der Waals surface area (Å²) in [4.78, 5) is 14.8. The molecule has 0 bridgehead atoms. The van der Waals surface area contributed by atoms with E-state index in [1.807, 2.05) is 24.3 Å². The molecule has 1 fully saturated rings. The second-order valence-electron chi connectivity index (χ2n) is 6.54. The van der Waals surface area contributed by atoms with E-state index in [0.29, 0.717) is 6.54 Å². The van der Waals surface area contributed by atoms with E-state index in [9.17, 15) is 9.18 Å². The standard InChI is InChI=1S/C21H25FN2O2/c1-26-20-12-6-4-10-17(20)19(24-13-7-2-8-14-24)15-23-21(25)16-9-3-5-11-18(16)22/h3-6,9-12,19H,2,7-8,13-15H2,1H3,(H,23,25). The van der Waals surface area contributed by atoms with Gasteiger partial charge in [0.1, 0.15) is 11.6 Å². The van der Waals surface area contributed by atoms with E-state index >= 15 is 0 Å². The fourth-order valence-electron chi connectivity index (χ4n) is 3.54. The van der Waals surface area contributed by atoms with Crippen LogP contribution < -0.4 is 10.1 Å². The SMILES string of the molecule is COc1ccccc1C(CNC(=O)c1ccccc1F)N1CCCCC1. The number of likely N-dealkylation sites (tertiary alicyclic amines) is 1. The van der Waals surface area contributed by atoms with E-state index < -0.39 is 5.82 Å². The van der Waals surface area contributed by atoms with Crippen molar-refractivity contribution in [1.29, 1.82) is 0 Å². The van der Waals surface area contributed by atoms with Crippen LogP contribution in [0.25, 0.3) is 0 Å². The molecule has 1 amide bonds. The normalized spacial score (nSPS) is 16.1. The molecule has 3 rings (SSSR count). The lowest BCUT2D eigenvalue weighted by molar-refractivity contribution is 0.0919. The first-order chi connectivity index (χ1) is 12.7. The number of carbonyl (C=O) groups is 1. The third-order valence-corrected chi connectivity index (χ3v) is 4.90. The van der Waals surface area contributed by atoms with E-state index in [0.717, 1.165) is 37.2 Å². The van der Waals surface area contributed by atoms with Crippen molar-refractivity contribution >= 4 is 5.91 Å². The Balaban J connectivity index is 1.80. The quantitative estimate of drug-likeness (QED) is 0.856. The summed E-state index contributed by atoms with van der Waals surface area (Å²) in [7, 11) is 1.66. The van der Waals surface area contributed by atoms with Crippen LogP contribution in [0.5, 0.6) is 5.75 Å². The van der Waals surface area contributed by atoms with Gasteiger partial charge < -0.3 is 10.1 Å². The van der Waals surface area contributed by atoms with E-state index in [2.05, 4.69) is 10.2 Å². The Hall–Kier alpha value is -2.40. The van der Waals surface area contributed by atoms with Crippen molar-refractivity contribution < 1.29 is 13.9 Å². The Morgan fingerprint density at radius 2 is 1.81 bits per heavy atom. The van der Waals surface area contributed by atoms with Gasteiger partial charge in [0.05, 0.1) is 18.7 Å². The summed E-state index contributed by atoms with van der Waals surface area (Å²) in [5.41, 5.74) is 1.12.